The Bertz CT molecular complexity index is 2050. The number of hydrogen-bond acceptors (Lipinski definition) is 18. The van der Waals surface area contributed by atoms with E-state index in [1.165, 1.54) is 244 Å². The van der Waals surface area contributed by atoms with Crippen LogP contribution in [0.4, 0.5) is 0 Å². The third-order valence-electron chi connectivity index (χ3n) is 21.2. The van der Waals surface area contributed by atoms with Crippen LogP contribution in [0, 0.1) is 0 Å². The van der Waals surface area contributed by atoms with E-state index < -0.39 is 124 Å². The van der Waals surface area contributed by atoms with E-state index in [0.29, 0.717) is 12.8 Å². The molecule has 0 spiro atoms. The van der Waals surface area contributed by atoms with Gasteiger partial charge in [-0.05, 0) is 51.4 Å². The van der Waals surface area contributed by atoms with Crippen molar-refractivity contribution in [1.82, 2.24) is 5.32 Å². The summed E-state index contributed by atoms with van der Waals surface area (Å²) in [4.78, 5) is 13.5. The van der Waals surface area contributed by atoms with Crippen LogP contribution in [0.3, 0.4) is 0 Å². The molecule has 17 atom stereocenters. The van der Waals surface area contributed by atoms with Crippen LogP contribution in [0.25, 0.3) is 0 Å². The Labute approximate surface area is 624 Å². The average molecular weight is 1470 g/mol. The van der Waals surface area contributed by atoms with Crippen molar-refractivity contribution in [3.8, 4) is 0 Å². The quantitative estimate of drug-likeness (QED) is 0.0199. The fourth-order valence-electron chi connectivity index (χ4n) is 14.4. The van der Waals surface area contributed by atoms with Gasteiger partial charge in [-0.25, -0.2) is 0 Å². The van der Waals surface area contributed by atoms with E-state index in [4.69, 9.17) is 28.4 Å². The lowest BCUT2D eigenvalue weighted by Gasteiger charge is -2.48. The first-order valence-electron chi connectivity index (χ1n) is 42.4. The number of hydrogen-bond donors (Lipinski definition) is 12. The molecule has 19 nitrogen and oxygen atoms in total. The van der Waals surface area contributed by atoms with Crippen molar-refractivity contribution >= 4 is 5.91 Å². The smallest absolute Gasteiger partial charge is 0.220 e. The summed E-state index contributed by atoms with van der Waals surface area (Å²) in [6.07, 6.45) is 54.9. The molecule has 0 saturated carbocycles. The van der Waals surface area contributed by atoms with Gasteiger partial charge in [-0.2, -0.15) is 0 Å². The number of amides is 1. The zero-order valence-corrected chi connectivity index (χ0v) is 64.8. The molecule has 12 N–H and O–H groups in total. The fourth-order valence-corrected chi connectivity index (χ4v) is 14.4. The molecule has 0 radical (unpaired) electrons. The first-order chi connectivity index (χ1) is 50.3. The highest BCUT2D eigenvalue weighted by Crippen LogP contribution is 2.33. The Hall–Kier alpha value is -2.25. The van der Waals surface area contributed by atoms with E-state index in [1.54, 1.807) is 0 Å². The van der Waals surface area contributed by atoms with Gasteiger partial charge >= 0.3 is 0 Å². The molecule has 0 aromatic carbocycles. The van der Waals surface area contributed by atoms with Gasteiger partial charge < -0.3 is 89.9 Å². The molecular weight excluding hydrogens is 1310 g/mol. The number of carbonyl (C=O) groups is 1. The van der Waals surface area contributed by atoms with Crippen LogP contribution in [0.2, 0.25) is 0 Å². The topological polar surface area (TPSA) is 307 Å². The Balaban J connectivity index is 1.33. The lowest BCUT2D eigenvalue weighted by atomic mass is 9.96. The molecule has 19 heteroatoms. The molecule has 0 aliphatic carbocycles. The maximum Gasteiger partial charge on any atom is 0.220 e. The number of aliphatic hydroxyl groups is 11. The van der Waals surface area contributed by atoms with Crippen molar-refractivity contribution in [1.29, 1.82) is 0 Å². The molecule has 3 aliphatic rings. The largest absolute Gasteiger partial charge is 0.394 e. The third-order valence-corrected chi connectivity index (χ3v) is 21.2. The third kappa shape index (κ3) is 44.3. The number of ether oxygens (including phenoxy) is 6. The first kappa shape index (κ1) is 95.0. The van der Waals surface area contributed by atoms with E-state index >= 15 is 0 Å². The predicted octanol–water partition coefficient (Wildman–Crippen LogP) is 14.8. The van der Waals surface area contributed by atoms with E-state index in [-0.39, 0.29) is 18.9 Å². The highest BCUT2D eigenvalue weighted by atomic mass is 16.8. The molecule has 0 bridgehead atoms. The number of nitrogens with one attached hydrogen (secondary N) is 1. The van der Waals surface area contributed by atoms with Gasteiger partial charge in [-0.1, -0.05) is 339 Å². The zero-order chi connectivity index (χ0) is 74.6. The second kappa shape index (κ2) is 64.6. The Morgan fingerprint density at radius 3 is 1.05 bits per heavy atom. The Morgan fingerprint density at radius 2 is 0.670 bits per heavy atom. The van der Waals surface area contributed by atoms with Crippen LogP contribution >= 0.6 is 0 Å². The van der Waals surface area contributed by atoms with Gasteiger partial charge in [0.25, 0.3) is 0 Å². The summed E-state index contributed by atoms with van der Waals surface area (Å²) in [5.74, 6) is -0.236. The summed E-state index contributed by atoms with van der Waals surface area (Å²) in [6, 6.07) is -0.888. The van der Waals surface area contributed by atoms with E-state index in [0.717, 1.165) is 70.6 Å². The molecule has 1 amide bonds. The van der Waals surface area contributed by atoms with Crippen LogP contribution in [-0.2, 0) is 33.2 Å². The van der Waals surface area contributed by atoms with Crippen LogP contribution in [0.1, 0.15) is 348 Å². The standard InChI is InChI=1S/C84H155NO18/c1-3-5-7-9-11-13-15-17-19-21-23-25-27-28-29-30-31-32-33-34-35-36-37-38-40-42-44-46-48-50-52-54-56-58-60-62-72(90)85-67(68(89)61-59-57-55-53-51-49-47-45-43-41-39-26-24-22-20-18-16-14-12-10-8-6-4-2)66-98-82-78(96)75(93)80(70(64-87)100-82)103-84-79(97)76(94)81(71(65-88)101-84)102-83-77(95)74(92)73(91)69(63-86)99-83/h5,7,11,13,17,19,23,25,67-71,73-84,86-89,91-97H,3-4,6,8-10,12,14-16,18,20-22,24,26-66H2,1-2H3,(H,85,90)/b7-5-,13-11-,19-17-,25-23-. The summed E-state index contributed by atoms with van der Waals surface area (Å²) in [5.41, 5.74) is 0. The van der Waals surface area contributed by atoms with Crippen molar-refractivity contribution in [2.75, 3.05) is 26.4 Å². The Kier molecular flexibility index (Phi) is 59.5. The monoisotopic (exact) mass is 1470 g/mol. The number of carbonyl (C=O) groups excluding carboxylic acids is 1. The van der Waals surface area contributed by atoms with Gasteiger partial charge in [-0.3, -0.25) is 4.79 Å². The SMILES string of the molecule is CC/C=C\C/C=C\C/C=C\C/C=C\CCCCCCCCCCCCCCCCCCCCCCCCC(=O)NC(COC1OC(CO)C(OC2OC(CO)C(OC3OC(CO)C(O)C(O)C3O)C(O)C2O)C(O)C1O)C(O)CCCCCCCCCCCCCCCCCCCCCCCCC. The summed E-state index contributed by atoms with van der Waals surface area (Å²) in [7, 11) is 0. The minimum atomic E-state index is -1.97. The average Bonchev–Trinajstić information content (AvgIpc) is 0.781. The highest BCUT2D eigenvalue weighted by molar-refractivity contribution is 5.76. The van der Waals surface area contributed by atoms with Crippen molar-refractivity contribution in [2.45, 2.75) is 452 Å². The number of aliphatic hydroxyl groups excluding tert-OH is 11. The lowest BCUT2D eigenvalue weighted by molar-refractivity contribution is -0.379. The molecular formula is C84H155NO18. The van der Waals surface area contributed by atoms with Crippen LogP contribution in [-0.4, -0.2) is 193 Å². The second-order valence-electron chi connectivity index (χ2n) is 30.3. The fraction of sp³-hybridized carbons (Fsp3) is 0.893. The predicted molar refractivity (Wildman–Crippen MR) is 411 cm³/mol. The molecule has 3 heterocycles. The van der Waals surface area contributed by atoms with Crippen molar-refractivity contribution in [3.63, 3.8) is 0 Å². The minimum absolute atomic E-state index is 0.236. The summed E-state index contributed by atoms with van der Waals surface area (Å²) < 4.78 is 34.6. The maximum absolute atomic E-state index is 13.5. The van der Waals surface area contributed by atoms with Crippen molar-refractivity contribution < 1.29 is 89.4 Å². The van der Waals surface area contributed by atoms with E-state index in [9.17, 15) is 61.0 Å². The molecule has 3 saturated heterocycles. The van der Waals surface area contributed by atoms with Crippen LogP contribution in [0.5, 0.6) is 0 Å². The lowest BCUT2D eigenvalue weighted by Crippen LogP contribution is -2.66. The molecule has 604 valence electrons. The number of unbranched alkanes of at least 4 members (excludes halogenated alkanes) is 44. The molecule has 3 aliphatic heterocycles. The van der Waals surface area contributed by atoms with Crippen LogP contribution in [0.15, 0.2) is 48.6 Å². The number of rotatable bonds is 68. The normalized spacial score (nSPS) is 26.2. The molecule has 0 aromatic rings. The number of allylic oxidation sites excluding steroid dienone is 8. The molecule has 0 aromatic heterocycles. The van der Waals surface area contributed by atoms with Gasteiger partial charge in [0.1, 0.15) is 73.2 Å². The zero-order valence-electron chi connectivity index (χ0n) is 64.8. The maximum atomic E-state index is 13.5. The van der Waals surface area contributed by atoms with E-state index in [2.05, 4.69) is 67.8 Å². The van der Waals surface area contributed by atoms with Gasteiger partial charge in [0.05, 0.1) is 38.6 Å². The van der Waals surface area contributed by atoms with Gasteiger partial charge in [0.2, 0.25) is 5.91 Å². The first-order valence-corrected chi connectivity index (χ1v) is 42.4. The van der Waals surface area contributed by atoms with E-state index in [1.807, 2.05) is 0 Å². The van der Waals surface area contributed by atoms with Gasteiger partial charge in [0.15, 0.2) is 18.9 Å². The Morgan fingerprint density at radius 1 is 0.359 bits per heavy atom. The highest BCUT2D eigenvalue weighted by Gasteiger charge is 2.54. The van der Waals surface area contributed by atoms with Crippen LogP contribution < -0.4 is 5.32 Å². The van der Waals surface area contributed by atoms with Crippen molar-refractivity contribution in [3.05, 3.63) is 48.6 Å². The van der Waals surface area contributed by atoms with Crippen molar-refractivity contribution in [2.24, 2.45) is 0 Å². The summed E-state index contributed by atoms with van der Waals surface area (Å²) in [6.45, 7) is 1.74. The summed E-state index contributed by atoms with van der Waals surface area (Å²) in [5, 5.41) is 121. The molecule has 3 fully saturated rings. The second-order valence-corrected chi connectivity index (χ2v) is 30.3. The van der Waals surface area contributed by atoms with Gasteiger partial charge in [0, 0.05) is 6.42 Å². The molecule has 103 heavy (non-hydrogen) atoms. The van der Waals surface area contributed by atoms with Gasteiger partial charge in [-0.15, -0.1) is 0 Å². The molecule has 17 unspecified atom stereocenters. The molecule has 3 rings (SSSR count). The summed E-state index contributed by atoms with van der Waals surface area (Å²) >= 11 is 0. The minimum Gasteiger partial charge on any atom is -0.394 e.